The first-order chi connectivity index (χ1) is 14.2. The van der Waals surface area contributed by atoms with Crippen LogP contribution in [0.1, 0.15) is 31.9 Å². The van der Waals surface area contributed by atoms with E-state index in [0.717, 1.165) is 10.5 Å². The predicted molar refractivity (Wildman–Crippen MR) is 118 cm³/mol. The van der Waals surface area contributed by atoms with Gasteiger partial charge in [-0.15, -0.1) is 11.8 Å². The van der Waals surface area contributed by atoms with E-state index in [9.17, 15) is 14.9 Å². The molecule has 3 rings (SSSR count). The zero-order valence-electron chi connectivity index (χ0n) is 16.9. The molecule has 2 amide bonds. The molecular weight excluding hydrogens is 422 g/mol. The van der Waals surface area contributed by atoms with E-state index in [1.807, 2.05) is 18.2 Å². The zero-order chi connectivity index (χ0) is 21.9. The standard InChI is InChI=1S/C22H22ClN3O3S/c1-22(2,3)29-21(28)25-17-13-30-19-9-6-15(11-24)10-18(19)26(20(17)27)12-14-4-7-16(23)8-5-14/h4-10,17H,12-13H2,1-3H3,(H,25,28)/t17-/m0/s1. The van der Waals surface area contributed by atoms with Gasteiger partial charge >= 0.3 is 6.09 Å². The second-order valence-corrected chi connectivity index (χ2v) is 9.35. The maximum Gasteiger partial charge on any atom is 0.408 e. The van der Waals surface area contributed by atoms with Gasteiger partial charge in [0.25, 0.3) is 5.91 Å². The molecule has 1 heterocycles. The van der Waals surface area contributed by atoms with E-state index >= 15 is 0 Å². The van der Waals surface area contributed by atoms with Gasteiger partial charge in [0.2, 0.25) is 0 Å². The molecule has 0 aromatic heterocycles. The summed E-state index contributed by atoms with van der Waals surface area (Å²) in [7, 11) is 0. The van der Waals surface area contributed by atoms with Gasteiger partial charge < -0.3 is 15.0 Å². The molecule has 6 nitrogen and oxygen atoms in total. The van der Waals surface area contributed by atoms with Crippen LogP contribution in [0.25, 0.3) is 0 Å². The van der Waals surface area contributed by atoms with Gasteiger partial charge in [0, 0.05) is 15.7 Å². The van der Waals surface area contributed by atoms with E-state index in [4.69, 9.17) is 16.3 Å². The topological polar surface area (TPSA) is 82.4 Å². The van der Waals surface area contributed by atoms with Gasteiger partial charge in [0.1, 0.15) is 11.6 Å². The van der Waals surface area contributed by atoms with Crippen LogP contribution in [0.3, 0.4) is 0 Å². The van der Waals surface area contributed by atoms with Crippen molar-refractivity contribution in [3.05, 3.63) is 58.6 Å². The number of nitriles is 1. The summed E-state index contributed by atoms with van der Waals surface area (Å²) >= 11 is 7.44. The summed E-state index contributed by atoms with van der Waals surface area (Å²) in [6.07, 6.45) is -0.642. The fourth-order valence-corrected chi connectivity index (χ4v) is 4.14. The molecule has 1 aliphatic heterocycles. The molecule has 0 saturated carbocycles. The Morgan fingerprint density at radius 1 is 1.30 bits per heavy atom. The second-order valence-electron chi connectivity index (χ2n) is 7.85. The maximum atomic E-state index is 13.4. The summed E-state index contributed by atoms with van der Waals surface area (Å²) in [5.41, 5.74) is 1.32. The Labute approximate surface area is 185 Å². The van der Waals surface area contributed by atoms with Gasteiger partial charge in [-0.2, -0.15) is 5.26 Å². The van der Waals surface area contributed by atoms with Crippen molar-refractivity contribution >= 4 is 41.1 Å². The molecule has 2 aromatic carbocycles. The Balaban J connectivity index is 1.93. The predicted octanol–water partition coefficient (Wildman–Crippen LogP) is 4.74. The lowest BCUT2D eigenvalue weighted by Crippen LogP contribution is -2.50. The van der Waals surface area contributed by atoms with E-state index in [2.05, 4.69) is 11.4 Å². The maximum absolute atomic E-state index is 13.4. The summed E-state index contributed by atoms with van der Waals surface area (Å²) in [5.74, 6) is 0.0887. The third kappa shape index (κ3) is 5.47. The number of amides is 2. The normalized spacial score (nSPS) is 16.3. The molecule has 1 atom stereocenters. The fourth-order valence-electron chi connectivity index (χ4n) is 2.96. The highest BCUT2D eigenvalue weighted by Gasteiger charge is 2.33. The van der Waals surface area contributed by atoms with Crippen LogP contribution in [0.2, 0.25) is 5.02 Å². The highest BCUT2D eigenvalue weighted by atomic mass is 35.5. The van der Waals surface area contributed by atoms with Crippen LogP contribution in [0.5, 0.6) is 0 Å². The number of halogens is 1. The summed E-state index contributed by atoms with van der Waals surface area (Å²) in [4.78, 5) is 28.2. The molecule has 30 heavy (non-hydrogen) atoms. The van der Waals surface area contributed by atoms with Crippen molar-refractivity contribution in [3.8, 4) is 6.07 Å². The highest BCUT2D eigenvalue weighted by Crippen LogP contribution is 2.36. The monoisotopic (exact) mass is 443 g/mol. The number of carbonyl (C=O) groups is 2. The number of ether oxygens (including phenoxy) is 1. The van der Waals surface area contributed by atoms with E-state index in [0.29, 0.717) is 22.0 Å². The first kappa shape index (κ1) is 22.0. The average Bonchev–Trinajstić information content (AvgIpc) is 2.80. The summed E-state index contributed by atoms with van der Waals surface area (Å²) in [6, 6.07) is 13.8. The lowest BCUT2D eigenvalue weighted by molar-refractivity contribution is -0.120. The molecule has 2 aromatic rings. The summed E-state index contributed by atoms with van der Waals surface area (Å²) in [6.45, 7) is 5.58. The number of fused-ring (bicyclic) bond motifs is 1. The van der Waals surface area contributed by atoms with Crippen LogP contribution in [-0.4, -0.2) is 29.4 Å². The quantitative estimate of drug-likeness (QED) is 0.740. The van der Waals surface area contributed by atoms with Crippen molar-refractivity contribution in [2.45, 2.75) is 43.9 Å². The molecule has 0 aliphatic carbocycles. The summed E-state index contributed by atoms with van der Waals surface area (Å²) in [5, 5.41) is 12.6. The molecule has 0 saturated heterocycles. The van der Waals surface area contributed by atoms with Crippen molar-refractivity contribution in [2.24, 2.45) is 0 Å². The molecule has 0 bridgehead atoms. The number of anilines is 1. The molecule has 1 aliphatic rings. The van der Waals surface area contributed by atoms with Crippen LogP contribution in [0.4, 0.5) is 10.5 Å². The largest absolute Gasteiger partial charge is 0.444 e. The Morgan fingerprint density at radius 2 is 2.00 bits per heavy atom. The minimum Gasteiger partial charge on any atom is -0.444 e. The van der Waals surface area contributed by atoms with Crippen LogP contribution in [0, 0.1) is 11.3 Å². The third-order valence-electron chi connectivity index (χ3n) is 4.29. The first-order valence-electron chi connectivity index (χ1n) is 9.38. The van der Waals surface area contributed by atoms with Crippen molar-refractivity contribution in [2.75, 3.05) is 10.7 Å². The van der Waals surface area contributed by atoms with Gasteiger partial charge in [0.05, 0.1) is 23.9 Å². The zero-order valence-corrected chi connectivity index (χ0v) is 18.5. The van der Waals surface area contributed by atoms with Gasteiger partial charge in [-0.1, -0.05) is 23.7 Å². The van der Waals surface area contributed by atoms with E-state index in [1.54, 1.807) is 49.9 Å². The van der Waals surface area contributed by atoms with Gasteiger partial charge in [-0.3, -0.25) is 4.79 Å². The molecule has 0 unspecified atom stereocenters. The fraction of sp³-hybridized carbons (Fsp3) is 0.318. The molecule has 8 heteroatoms. The molecule has 0 radical (unpaired) electrons. The van der Waals surface area contributed by atoms with Crippen LogP contribution in [0.15, 0.2) is 47.4 Å². The van der Waals surface area contributed by atoms with Crippen molar-refractivity contribution < 1.29 is 14.3 Å². The van der Waals surface area contributed by atoms with Crippen molar-refractivity contribution in [1.29, 1.82) is 5.26 Å². The second kappa shape index (κ2) is 8.99. The van der Waals surface area contributed by atoms with E-state index in [-0.39, 0.29) is 12.5 Å². The molecule has 0 spiro atoms. The Kier molecular flexibility index (Phi) is 6.59. The number of hydrogen-bond acceptors (Lipinski definition) is 5. The molecule has 1 N–H and O–H groups in total. The summed E-state index contributed by atoms with van der Waals surface area (Å²) < 4.78 is 5.32. The lowest BCUT2D eigenvalue weighted by atomic mass is 10.1. The van der Waals surface area contributed by atoms with Crippen LogP contribution >= 0.6 is 23.4 Å². The van der Waals surface area contributed by atoms with Gasteiger partial charge in [-0.25, -0.2) is 4.79 Å². The molecule has 156 valence electrons. The number of thioether (sulfide) groups is 1. The number of rotatable bonds is 3. The van der Waals surface area contributed by atoms with E-state index in [1.165, 1.54) is 11.8 Å². The lowest BCUT2D eigenvalue weighted by Gasteiger charge is -2.27. The number of benzene rings is 2. The van der Waals surface area contributed by atoms with Crippen molar-refractivity contribution in [3.63, 3.8) is 0 Å². The van der Waals surface area contributed by atoms with Crippen LogP contribution < -0.4 is 10.2 Å². The first-order valence-corrected chi connectivity index (χ1v) is 10.7. The number of hydrogen-bond donors (Lipinski definition) is 1. The number of nitrogens with zero attached hydrogens (tertiary/aromatic N) is 2. The smallest absolute Gasteiger partial charge is 0.408 e. The van der Waals surface area contributed by atoms with Crippen LogP contribution in [-0.2, 0) is 16.1 Å². The molecular formula is C22H22ClN3O3S. The third-order valence-corrected chi connectivity index (χ3v) is 5.70. The van der Waals surface area contributed by atoms with Gasteiger partial charge in [-0.05, 0) is 56.7 Å². The van der Waals surface area contributed by atoms with Crippen molar-refractivity contribution in [1.82, 2.24) is 5.32 Å². The minimum absolute atomic E-state index is 0.267. The van der Waals surface area contributed by atoms with E-state index < -0.39 is 17.7 Å². The SMILES string of the molecule is CC(C)(C)OC(=O)N[C@H]1CSc2ccc(C#N)cc2N(Cc2ccc(Cl)cc2)C1=O. The Morgan fingerprint density at radius 3 is 2.63 bits per heavy atom. The average molecular weight is 444 g/mol. The Bertz CT molecular complexity index is 996. The van der Waals surface area contributed by atoms with Gasteiger partial charge in [0.15, 0.2) is 0 Å². The molecule has 0 fully saturated rings. The number of carbonyl (C=O) groups excluding carboxylic acids is 2. The highest BCUT2D eigenvalue weighted by molar-refractivity contribution is 7.99. The Hall–Kier alpha value is -2.69. The number of nitrogens with one attached hydrogen (secondary N) is 1. The minimum atomic E-state index is -0.768. The number of alkyl carbamates (subject to hydrolysis) is 1.